The van der Waals surface area contributed by atoms with Crippen molar-refractivity contribution in [3.05, 3.63) is 54.4 Å². The molecule has 0 atom stereocenters. The first kappa shape index (κ1) is 19.7. The molecule has 2 aromatic heterocycles. The highest BCUT2D eigenvalue weighted by atomic mass is 32.2. The maximum absolute atomic E-state index is 12.6. The van der Waals surface area contributed by atoms with Gasteiger partial charge in [0.25, 0.3) is 5.91 Å². The molecule has 2 aliphatic rings. The minimum atomic E-state index is -0.190. The molecule has 5 rings (SSSR count). The first-order valence-corrected chi connectivity index (χ1v) is 11.4. The van der Waals surface area contributed by atoms with Gasteiger partial charge >= 0.3 is 0 Å². The number of thioether (sulfide) groups is 1. The molecule has 0 bridgehead atoms. The Bertz CT molecular complexity index is 1110. The summed E-state index contributed by atoms with van der Waals surface area (Å²) in [5, 5.41) is 15.2. The van der Waals surface area contributed by atoms with Gasteiger partial charge in [0, 0.05) is 30.0 Å². The number of carbonyl (C=O) groups is 2. The highest BCUT2D eigenvalue weighted by Gasteiger charge is 2.30. The van der Waals surface area contributed by atoms with Crippen LogP contribution in [0.25, 0.3) is 11.4 Å². The number of anilines is 1. The van der Waals surface area contributed by atoms with Gasteiger partial charge in [0.1, 0.15) is 0 Å². The number of nitrogens with one attached hydrogen (secondary N) is 2. The number of aromatic nitrogens is 4. The fraction of sp³-hybridized carbons (Fsp3) is 0.318. The fourth-order valence-electron chi connectivity index (χ4n) is 3.33. The van der Waals surface area contributed by atoms with Gasteiger partial charge in [-0.3, -0.25) is 19.1 Å². The van der Waals surface area contributed by atoms with Crippen LogP contribution in [0.5, 0.6) is 0 Å². The second kappa shape index (κ2) is 8.50. The van der Waals surface area contributed by atoms with E-state index in [0.717, 1.165) is 42.2 Å². The monoisotopic (exact) mass is 434 g/mol. The predicted octanol–water partition coefficient (Wildman–Crippen LogP) is 3.30. The number of amides is 2. The van der Waals surface area contributed by atoms with Crippen LogP contribution in [0, 0.1) is 0 Å². The van der Waals surface area contributed by atoms with E-state index in [4.69, 9.17) is 0 Å². The summed E-state index contributed by atoms with van der Waals surface area (Å²) in [7, 11) is 0. The number of nitrogens with zero attached hydrogens (tertiary/aromatic N) is 4. The Balaban J connectivity index is 1.27. The van der Waals surface area contributed by atoms with Gasteiger partial charge in [-0.25, -0.2) is 0 Å². The molecule has 8 nitrogen and oxygen atoms in total. The van der Waals surface area contributed by atoms with Crippen LogP contribution in [-0.2, 0) is 4.79 Å². The van der Waals surface area contributed by atoms with Crippen molar-refractivity contribution >= 4 is 29.3 Å². The summed E-state index contributed by atoms with van der Waals surface area (Å²) >= 11 is 1.35. The molecule has 9 heteroatoms. The summed E-state index contributed by atoms with van der Waals surface area (Å²) in [4.78, 5) is 29.3. The maximum atomic E-state index is 12.6. The number of hydrogen-bond acceptors (Lipinski definition) is 6. The third kappa shape index (κ3) is 4.61. The molecule has 1 aromatic carbocycles. The van der Waals surface area contributed by atoms with E-state index in [0.29, 0.717) is 17.3 Å². The quantitative estimate of drug-likeness (QED) is 0.528. The zero-order chi connectivity index (χ0) is 21.2. The van der Waals surface area contributed by atoms with Crippen LogP contribution in [-0.4, -0.2) is 43.4 Å². The SMILES string of the molecule is O=C(CSc1nnc(-c2cccnc2)n1C1CC1)Nc1ccccc1C(=O)NC1CC1. The lowest BCUT2D eigenvalue weighted by Crippen LogP contribution is -2.27. The Labute approximate surface area is 183 Å². The highest BCUT2D eigenvalue weighted by molar-refractivity contribution is 7.99. The molecule has 158 valence electrons. The van der Waals surface area contributed by atoms with Crippen LogP contribution >= 0.6 is 11.8 Å². The molecule has 2 aliphatic carbocycles. The molecule has 0 saturated heterocycles. The molecule has 0 radical (unpaired) electrons. The lowest BCUT2D eigenvalue weighted by molar-refractivity contribution is -0.113. The van der Waals surface area contributed by atoms with Gasteiger partial charge in [-0.15, -0.1) is 10.2 Å². The maximum Gasteiger partial charge on any atom is 0.253 e. The van der Waals surface area contributed by atoms with Crippen molar-refractivity contribution in [2.45, 2.75) is 42.9 Å². The number of para-hydroxylation sites is 1. The summed E-state index contributed by atoms with van der Waals surface area (Å²) in [5.41, 5.74) is 1.91. The van der Waals surface area contributed by atoms with Crippen molar-refractivity contribution in [2.24, 2.45) is 0 Å². The molecule has 0 unspecified atom stereocenters. The number of pyridine rings is 1. The lowest BCUT2D eigenvalue weighted by atomic mass is 10.1. The third-order valence-corrected chi connectivity index (χ3v) is 6.13. The highest BCUT2D eigenvalue weighted by Crippen LogP contribution is 2.40. The predicted molar refractivity (Wildman–Crippen MR) is 118 cm³/mol. The van der Waals surface area contributed by atoms with E-state index in [9.17, 15) is 9.59 Å². The third-order valence-electron chi connectivity index (χ3n) is 5.19. The van der Waals surface area contributed by atoms with Gasteiger partial charge in [0.05, 0.1) is 17.0 Å². The average Bonchev–Trinajstić information content (AvgIpc) is 3.73. The van der Waals surface area contributed by atoms with E-state index >= 15 is 0 Å². The largest absolute Gasteiger partial charge is 0.349 e. The van der Waals surface area contributed by atoms with E-state index < -0.39 is 0 Å². The van der Waals surface area contributed by atoms with Crippen molar-refractivity contribution < 1.29 is 9.59 Å². The number of rotatable bonds is 8. The van der Waals surface area contributed by atoms with Gasteiger partial charge < -0.3 is 10.6 Å². The van der Waals surface area contributed by atoms with E-state index in [1.54, 1.807) is 36.7 Å². The Morgan fingerprint density at radius 3 is 2.65 bits per heavy atom. The zero-order valence-corrected chi connectivity index (χ0v) is 17.6. The summed E-state index contributed by atoms with van der Waals surface area (Å²) in [6, 6.07) is 11.5. The first-order valence-electron chi connectivity index (χ1n) is 10.4. The second-order valence-corrected chi connectivity index (χ2v) is 8.72. The average molecular weight is 435 g/mol. The molecule has 0 spiro atoms. The minimum absolute atomic E-state index is 0.152. The Morgan fingerprint density at radius 2 is 1.90 bits per heavy atom. The van der Waals surface area contributed by atoms with Crippen LogP contribution in [0.15, 0.2) is 53.9 Å². The molecular formula is C22H22N6O2S. The van der Waals surface area contributed by atoms with Gasteiger partial charge in [-0.2, -0.15) is 0 Å². The van der Waals surface area contributed by atoms with Crippen molar-refractivity contribution in [3.63, 3.8) is 0 Å². The van der Waals surface area contributed by atoms with E-state index in [-0.39, 0.29) is 23.6 Å². The first-order chi connectivity index (χ1) is 15.2. The lowest BCUT2D eigenvalue weighted by Gasteiger charge is -2.11. The van der Waals surface area contributed by atoms with E-state index in [2.05, 4.69) is 30.4 Å². The second-order valence-electron chi connectivity index (χ2n) is 7.78. The summed E-state index contributed by atoms with van der Waals surface area (Å²) in [6.07, 6.45) is 7.68. The van der Waals surface area contributed by atoms with Crippen molar-refractivity contribution in [2.75, 3.05) is 11.1 Å². The molecule has 2 amide bonds. The molecule has 3 aromatic rings. The van der Waals surface area contributed by atoms with E-state index in [1.807, 2.05) is 12.1 Å². The minimum Gasteiger partial charge on any atom is -0.349 e. The summed E-state index contributed by atoms with van der Waals surface area (Å²) < 4.78 is 2.10. The van der Waals surface area contributed by atoms with Gasteiger partial charge in [-0.1, -0.05) is 23.9 Å². The van der Waals surface area contributed by atoms with Crippen LogP contribution in [0.4, 0.5) is 5.69 Å². The van der Waals surface area contributed by atoms with Crippen molar-refractivity contribution in [1.29, 1.82) is 0 Å². The standard InChI is InChI=1S/C22H22N6O2S/c29-19(25-18-6-2-1-5-17(18)21(30)24-15-7-8-15)13-31-22-27-26-20(28(22)16-9-10-16)14-4-3-11-23-12-14/h1-6,11-12,15-16H,7-10,13H2,(H,24,30)(H,25,29). The Kier molecular flexibility index (Phi) is 5.42. The number of carbonyl (C=O) groups excluding carboxylic acids is 2. The molecule has 0 aliphatic heterocycles. The van der Waals surface area contributed by atoms with Crippen LogP contribution < -0.4 is 10.6 Å². The molecule has 2 heterocycles. The van der Waals surface area contributed by atoms with Crippen LogP contribution in [0.2, 0.25) is 0 Å². The van der Waals surface area contributed by atoms with Gasteiger partial charge in [0.2, 0.25) is 5.91 Å². The number of hydrogen-bond donors (Lipinski definition) is 2. The molecule has 2 N–H and O–H groups in total. The van der Waals surface area contributed by atoms with Crippen molar-refractivity contribution in [3.8, 4) is 11.4 Å². The van der Waals surface area contributed by atoms with Crippen LogP contribution in [0.3, 0.4) is 0 Å². The molecule has 2 saturated carbocycles. The van der Waals surface area contributed by atoms with Crippen molar-refractivity contribution in [1.82, 2.24) is 25.1 Å². The normalized spacial score (nSPS) is 15.5. The zero-order valence-electron chi connectivity index (χ0n) is 16.8. The Morgan fingerprint density at radius 1 is 1.06 bits per heavy atom. The Hall–Kier alpha value is -3.20. The molecular weight excluding hydrogens is 412 g/mol. The topological polar surface area (TPSA) is 102 Å². The smallest absolute Gasteiger partial charge is 0.253 e. The summed E-state index contributed by atoms with van der Waals surface area (Å²) in [5.74, 6) is 0.613. The summed E-state index contributed by atoms with van der Waals surface area (Å²) in [6.45, 7) is 0. The van der Waals surface area contributed by atoms with E-state index in [1.165, 1.54) is 11.8 Å². The van der Waals surface area contributed by atoms with Crippen LogP contribution in [0.1, 0.15) is 42.1 Å². The fourth-order valence-corrected chi connectivity index (χ4v) is 4.13. The van der Waals surface area contributed by atoms with Gasteiger partial charge in [-0.05, 0) is 49.9 Å². The number of benzene rings is 1. The molecule has 2 fully saturated rings. The van der Waals surface area contributed by atoms with Gasteiger partial charge in [0.15, 0.2) is 11.0 Å². The molecule has 31 heavy (non-hydrogen) atoms.